The maximum absolute atomic E-state index is 12.0. The van der Waals surface area contributed by atoms with Crippen LogP contribution in [0.15, 0.2) is 18.2 Å². The molecule has 0 saturated carbocycles. The van der Waals surface area contributed by atoms with Gasteiger partial charge in [-0.15, -0.1) is 0 Å². The van der Waals surface area contributed by atoms with Gasteiger partial charge in [0.25, 0.3) is 5.69 Å². The number of methoxy groups -OCH3 is 1. The number of benzene rings is 1. The van der Waals surface area contributed by atoms with Crippen molar-refractivity contribution in [3.05, 3.63) is 39.4 Å². The van der Waals surface area contributed by atoms with E-state index < -0.39 is 10.9 Å². The molecule has 8 heteroatoms. The van der Waals surface area contributed by atoms with E-state index in [4.69, 9.17) is 18.9 Å². The molecule has 0 aromatic heterocycles. The number of nitro groups is 1. The van der Waals surface area contributed by atoms with Gasteiger partial charge in [-0.25, -0.2) is 4.79 Å². The molecule has 1 atom stereocenters. The first kappa shape index (κ1) is 22.0. The summed E-state index contributed by atoms with van der Waals surface area (Å²) in [4.78, 5) is 22.9. The molecule has 0 radical (unpaired) electrons. The number of hydrogen-bond acceptors (Lipinski definition) is 7. The second-order valence-corrected chi connectivity index (χ2v) is 5.81. The summed E-state index contributed by atoms with van der Waals surface area (Å²) < 4.78 is 20.5. The first-order valence-electron chi connectivity index (χ1n) is 8.61. The highest BCUT2D eigenvalue weighted by Gasteiger charge is 2.22. The van der Waals surface area contributed by atoms with Crippen LogP contribution in [-0.2, 0) is 18.9 Å². The van der Waals surface area contributed by atoms with E-state index in [1.165, 1.54) is 6.07 Å². The second kappa shape index (κ2) is 12.3. The van der Waals surface area contributed by atoms with Crippen LogP contribution < -0.4 is 0 Å². The van der Waals surface area contributed by atoms with Crippen LogP contribution in [0.4, 0.5) is 5.69 Å². The van der Waals surface area contributed by atoms with Gasteiger partial charge in [-0.2, -0.15) is 0 Å². The van der Waals surface area contributed by atoms with Gasteiger partial charge in [0.2, 0.25) is 0 Å². The molecule has 1 rings (SSSR count). The summed E-state index contributed by atoms with van der Waals surface area (Å²) in [6, 6.07) is 4.38. The minimum atomic E-state index is -0.552. The molecule has 0 aliphatic heterocycles. The molecule has 0 fully saturated rings. The topological polar surface area (TPSA) is 97.1 Å². The SMILES string of the molecule is CCCCOC(=O)c1ccc(C(C)COCOCCOC)c([N+](=O)[O-])c1. The fraction of sp³-hybridized carbons (Fsp3) is 0.611. The Morgan fingerprint density at radius 3 is 2.65 bits per heavy atom. The van der Waals surface area contributed by atoms with Crippen LogP contribution in [0.5, 0.6) is 0 Å². The Labute approximate surface area is 153 Å². The van der Waals surface area contributed by atoms with Crippen molar-refractivity contribution in [2.24, 2.45) is 0 Å². The highest BCUT2D eigenvalue weighted by Crippen LogP contribution is 2.28. The quantitative estimate of drug-likeness (QED) is 0.173. The minimum Gasteiger partial charge on any atom is -0.462 e. The lowest BCUT2D eigenvalue weighted by Gasteiger charge is -2.14. The van der Waals surface area contributed by atoms with Crippen LogP contribution in [0, 0.1) is 10.1 Å². The number of carbonyl (C=O) groups excluding carboxylic acids is 1. The molecule has 0 aliphatic carbocycles. The monoisotopic (exact) mass is 369 g/mol. The van der Waals surface area contributed by atoms with Gasteiger partial charge in [0.15, 0.2) is 0 Å². The zero-order valence-corrected chi connectivity index (χ0v) is 15.6. The Bertz CT molecular complexity index is 577. The molecule has 0 aliphatic rings. The Morgan fingerprint density at radius 2 is 2.00 bits per heavy atom. The molecule has 1 aromatic carbocycles. The lowest BCUT2D eigenvalue weighted by atomic mass is 9.98. The molecule has 0 heterocycles. The van der Waals surface area contributed by atoms with Gasteiger partial charge >= 0.3 is 5.97 Å². The summed E-state index contributed by atoms with van der Waals surface area (Å²) in [5.74, 6) is -0.782. The molecule has 146 valence electrons. The van der Waals surface area contributed by atoms with E-state index in [1.54, 1.807) is 19.2 Å². The van der Waals surface area contributed by atoms with Crippen LogP contribution in [0.3, 0.4) is 0 Å². The largest absolute Gasteiger partial charge is 0.462 e. The van der Waals surface area contributed by atoms with Gasteiger partial charge in [0.05, 0.1) is 36.9 Å². The fourth-order valence-electron chi connectivity index (χ4n) is 2.21. The average molecular weight is 369 g/mol. The van der Waals surface area contributed by atoms with Gasteiger partial charge in [0.1, 0.15) is 6.79 Å². The highest BCUT2D eigenvalue weighted by atomic mass is 16.7. The van der Waals surface area contributed by atoms with Gasteiger partial charge in [-0.1, -0.05) is 26.3 Å². The maximum Gasteiger partial charge on any atom is 0.338 e. The zero-order chi connectivity index (χ0) is 19.4. The van der Waals surface area contributed by atoms with Crippen molar-refractivity contribution in [1.29, 1.82) is 0 Å². The summed E-state index contributed by atoms with van der Waals surface area (Å²) in [6.07, 6.45) is 1.66. The van der Waals surface area contributed by atoms with Crippen molar-refractivity contribution in [3.8, 4) is 0 Å². The lowest BCUT2D eigenvalue weighted by Crippen LogP contribution is -2.12. The van der Waals surface area contributed by atoms with Crippen molar-refractivity contribution in [2.75, 3.05) is 40.3 Å². The molecule has 26 heavy (non-hydrogen) atoms. The summed E-state index contributed by atoms with van der Waals surface area (Å²) in [6.45, 7) is 5.34. The smallest absolute Gasteiger partial charge is 0.338 e. The number of carbonyl (C=O) groups is 1. The van der Waals surface area contributed by atoms with E-state index in [9.17, 15) is 14.9 Å². The summed E-state index contributed by atoms with van der Waals surface area (Å²) in [7, 11) is 1.58. The molecule has 1 unspecified atom stereocenters. The van der Waals surface area contributed by atoms with E-state index in [0.29, 0.717) is 25.4 Å². The van der Waals surface area contributed by atoms with E-state index in [0.717, 1.165) is 12.8 Å². The fourth-order valence-corrected chi connectivity index (χ4v) is 2.21. The highest BCUT2D eigenvalue weighted by molar-refractivity contribution is 5.90. The molecule has 0 amide bonds. The third-order valence-electron chi connectivity index (χ3n) is 3.69. The van der Waals surface area contributed by atoms with Crippen LogP contribution >= 0.6 is 0 Å². The van der Waals surface area contributed by atoms with Gasteiger partial charge < -0.3 is 18.9 Å². The van der Waals surface area contributed by atoms with Gasteiger partial charge in [-0.3, -0.25) is 10.1 Å². The van der Waals surface area contributed by atoms with E-state index in [1.807, 2.05) is 13.8 Å². The van der Waals surface area contributed by atoms with Crippen molar-refractivity contribution in [2.45, 2.75) is 32.6 Å². The van der Waals surface area contributed by atoms with Gasteiger partial charge in [0, 0.05) is 24.7 Å². The van der Waals surface area contributed by atoms with Crippen LogP contribution in [-0.4, -0.2) is 51.2 Å². The maximum atomic E-state index is 12.0. The van der Waals surface area contributed by atoms with Crippen LogP contribution in [0.25, 0.3) is 0 Å². The molecule has 8 nitrogen and oxygen atoms in total. The molecule has 0 bridgehead atoms. The predicted molar refractivity (Wildman–Crippen MR) is 95.3 cm³/mol. The number of unbranched alkanes of at least 4 members (excludes halogenated alkanes) is 1. The molecule has 0 saturated heterocycles. The first-order chi connectivity index (χ1) is 12.5. The molecular weight excluding hydrogens is 342 g/mol. The molecule has 0 N–H and O–H groups in total. The number of nitrogens with zero attached hydrogens (tertiary/aromatic N) is 1. The summed E-state index contributed by atoms with van der Waals surface area (Å²) >= 11 is 0. The van der Waals surface area contributed by atoms with Crippen molar-refractivity contribution < 1.29 is 28.7 Å². The Morgan fingerprint density at radius 1 is 1.23 bits per heavy atom. The molecular formula is C18H27NO7. The van der Waals surface area contributed by atoms with Crippen LogP contribution in [0.1, 0.15) is 48.5 Å². The van der Waals surface area contributed by atoms with E-state index in [-0.39, 0.29) is 30.6 Å². The van der Waals surface area contributed by atoms with E-state index in [2.05, 4.69) is 0 Å². The first-order valence-corrected chi connectivity index (χ1v) is 8.61. The van der Waals surface area contributed by atoms with E-state index >= 15 is 0 Å². The minimum absolute atomic E-state index is 0.0866. The number of nitro benzene ring substituents is 1. The van der Waals surface area contributed by atoms with Gasteiger partial charge in [-0.05, 0) is 12.5 Å². The third kappa shape index (κ3) is 7.47. The number of hydrogen-bond donors (Lipinski definition) is 0. The second-order valence-electron chi connectivity index (χ2n) is 5.81. The summed E-state index contributed by atoms with van der Waals surface area (Å²) in [5, 5.41) is 11.4. The Hall–Kier alpha value is -2.03. The van der Waals surface area contributed by atoms with Crippen molar-refractivity contribution in [1.82, 2.24) is 0 Å². The Kier molecular flexibility index (Phi) is 10.5. The standard InChI is InChI=1S/C18H27NO7/c1-4-5-8-26-18(20)15-6-7-16(17(11-15)19(21)22)14(2)12-25-13-24-10-9-23-3/h6-7,11,14H,4-5,8-10,12-13H2,1-3H3. The van der Waals surface area contributed by atoms with Crippen molar-refractivity contribution >= 4 is 11.7 Å². The molecule has 1 aromatic rings. The Balaban J connectivity index is 2.69. The third-order valence-corrected chi connectivity index (χ3v) is 3.69. The number of esters is 1. The average Bonchev–Trinajstić information content (AvgIpc) is 2.63. The van der Waals surface area contributed by atoms with Crippen LogP contribution in [0.2, 0.25) is 0 Å². The predicted octanol–water partition coefficient (Wildman–Crippen LogP) is 3.29. The molecule has 0 spiro atoms. The summed E-state index contributed by atoms with van der Waals surface area (Å²) in [5.41, 5.74) is 0.552. The zero-order valence-electron chi connectivity index (χ0n) is 15.6. The number of ether oxygens (including phenoxy) is 4. The number of rotatable bonds is 13. The normalized spacial score (nSPS) is 12.0. The van der Waals surface area contributed by atoms with Crippen molar-refractivity contribution in [3.63, 3.8) is 0 Å². The lowest BCUT2D eigenvalue weighted by molar-refractivity contribution is -0.385.